The summed E-state index contributed by atoms with van der Waals surface area (Å²) in [7, 11) is 0. The van der Waals surface area contributed by atoms with Gasteiger partial charge in [-0.05, 0) is 68.0 Å². The number of halogens is 4. The van der Waals surface area contributed by atoms with Gasteiger partial charge >= 0.3 is 6.18 Å². The van der Waals surface area contributed by atoms with Crippen LogP contribution in [0, 0.1) is 18.2 Å². The molecular formula is C32H35F4N3O3. The number of imide groups is 1. The van der Waals surface area contributed by atoms with Gasteiger partial charge in [-0.15, -0.1) is 0 Å². The lowest BCUT2D eigenvalue weighted by atomic mass is 9.61. The summed E-state index contributed by atoms with van der Waals surface area (Å²) in [6.45, 7) is 6.94. The summed E-state index contributed by atoms with van der Waals surface area (Å²) in [5.74, 6) is -1.97. The van der Waals surface area contributed by atoms with Crippen molar-refractivity contribution in [2.75, 3.05) is 13.1 Å². The molecule has 2 atom stereocenters. The van der Waals surface area contributed by atoms with Crippen LogP contribution < -0.4 is 5.32 Å². The van der Waals surface area contributed by atoms with Crippen LogP contribution in [0.2, 0.25) is 0 Å². The minimum atomic E-state index is -4.40. The lowest BCUT2D eigenvalue weighted by Crippen LogP contribution is -2.57. The predicted molar refractivity (Wildman–Crippen MR) is 150 cm³/mol. The molecule has 6 nitrogen and oxygen atoms in total. The molecule has 2 aromatic carbocycles. The van der Waals surface area contributed by atoms with Gasteiger partial charge < -0.3 is 5.11 Å². The second-order valence-corrected chi connectivity index (χ2v) is 11.7. The maximum atomic E-state index is 16.5. The number of carbonyl (C=O) groups is 2. The lowest BCUT2D eigenvalue weighted by molar-refractivity contribution is -0.150. The highest BCUT2D eigenvalue weighted by Gasteiger charge is 2.53. The van der Waals surface area contributed by atoms with E-state index in [1.54, 1.807) is 25.1 Å². The number of rotatable bonds is 6. The van der Waals surface area contributed by atoms with E-state index in [0.29, 0.717) is 55.7 Å². The number of aromatic nitrogens is 1. The fourth-order valence-corrected chi connectivity index (χ4v) is 6.88. The van der Waals surface area contributed by atoms with Gasteiger partial charge in [0.1, 0.15) is 11.4 Å². The Morgan fingerprint density at radius 2 is 1.79 bits per heavy atom. The van der Waals surface area contributed by atoms with Gasteiger partial charge in [0, 0.05) is 48.1 Å². The Labute approximate surface area is 242 Å². The molecule has 2 fully saturated rings. The fourth-order valence-electron chi connectivity index (χ4n) is 6.88. The summed E-state index contributed by atoms with van der Waals surface area (Å²) >= 11 is 0. The first-order chi connectivity index (χ1) is 19.8. The molecule has 42 heavy (non-hydrogen) atoms. The highest BCUT2D eigenvalue weighted by atomic mass is 19.4. The molecule has 0 aliphatic carbocycles. The van der Waals surface area contributed by atoms with Crippen molar-refractivity contribution >= 4 is 22.7 Å². The first-order valence-corrected chi connectivity index (χ1v) is 14.4. The Morgan fingerprint density at radius 1 is 1.10 bits per heavy atom. The standard InChI is InChI=1S/C32H35F4N3O3/c1-4-30(5-2)18-39(17-20-6-8-21(9-7-20)32(34,35)36)15-14-31(30,42)25-11-12-26-24(28(25)33)16-23(19(3)37-26)22-10-13-27(40)38-29(22)41/h6-9,11-12,16,22,42H,4-5,10,13-15,17-18H2,1-3H3,(H,38,40,41). The fraction of sp³-hybridized carbons (Fsp3) is 0.469. The summed E-state index contributed by atoms with van der Waals surface area (Å²) in [6, 6.07) is 10.0. The Balaban J connectivity index is 1.48. The van der Waals surface area contributed by atoms with Gasteiger partial charge in [-0.2, -0.15) is 13.2 Å². The number of aliphatic hydroxyl groups is 1. The second kappa shape index (κ2) is 11.0. The van der Waals surface area contributed by atoms with Gasteiger partial charge in [0.05, 0.1) is 17.0 Å². The zero-order chi connectivity index (χ0) is 30.4. The van der Waals surface area contributed by atoms with Crippen molar-refractivity contribution in [1.82, 2.24) is 15.2 Å². The molecule has 0 saturated carbocycles. The first-order valence-electron chi connectivity index (χ1n) is 14.4. The van der Waals surface area contributed by atoms with Gasteiger partial charge in [-0.3, -0.25) is 24.8 Å². The van der Waals surface area contributed by atoms with Crippen LogP contribution in [-0.2, 0) is 27.9 Å². The van der Waals surface area contributed by atoms with Crippen molar-refractivity contribution in [2.24, 2.45) is 5.41 Å². The number of fused-ring (bicyclic) bond motifs is 1. The molecule has 3 aromatic rings. The molecule has 3 heterocycles. The average molecular weight is 586 g/mol. The number of pyridine rings is 1. The van der Waals surface area contributed by atoms with Crippen LogP contribution in [0.3, 0.4) is 0 Å². The smallest absolute Gasteiger partial charge is 0.384 e. The number of nitrogens with zero attached hydrogens (tertiary/aromatic N) is 2. The largest absolute Gasteiger partial charge is 0.416 e. The molecule has 1 aromatic heterocycles. The van der Waals surface area contributed by atoms with Crippen LogP contribution in [0.5, 0.6) is 0 Å². The molecule has 0 radical (unpaired) electrons. The molecule has 224 valence electrons. The molecular weight excluding hydrogens is 550 g/mol. The highest BCUT2D eigenvalue weighted by molar-refractivity contribution is 6.01. The van der Waals surface area contributed by atoms with E-state index in [4.69, 9.17) is 0 Å². The minimum absolute atomic E-state index is 0.174. The number of piperidine rings is 2. The van der Waals surface area contributed by atoms with Gasteiger partial charge in [0.2, 0.25) is 11.8 Å². The van der Waals surface area contributed by atoms with Crippen molar-refractivity contribution in [1.29, 1.82) is 0 Å². The number of carbonyl (C=O) groups excluding carboxylic acids is 2. The van der Waals surface area contributed by atoms with Crippen LogP contribution in [0.15, 0.2) is 42.5 Å². The molecule has 2 aliphatic heterocycles. The molecule has 10 heteroatoms. The third-order valence-corrected chi connectivity index (χ3v) is 9.46. The predicted octanol–water partition coefficient (Wildman–Crippen LogP) is 6.12. The lowest BCUT2D eigenvalue weighted by Gasteiger charge is -2.54. The Hall–Kier alpha value is -3.37. The third kappa shape index (κ3) is 5.19. The number of benzene rings is 2. The zero-order valence-electron chi connectivity index (χ0n) is 23.9. The molecule has 2 unspecified atom stereocenters. The molecule has 0 spiro atoms. The van der Waals surface area contributed by atoms with E-state index < -0.39 is 40.4 Å². The van der Waals surface area contributed by atoms with E-state index in [0.717, 1.165) is 17.7 Å². The molecule has 2 aliphatic rings. The number of hydrogen-bond acceptors (Lipinski definition) is 5. The molecule has 0 bridgehead atoms. The summed E-state index contributed by atoms with van der Waals surface area (Å²) < 4.78 is 55.5. The van der Waals surface area contributed by atoms with E-state index >= 15 is 4.39 Å². The van der Waals surface area contributed by atoms with E-state index in [1.807, 2.05) is 13.8 Å². The number of likely N-dealkylation sites (tertiary alicyclic amines) is 1. The SMILES string of the molecule is CCC1(CC)CN(Cc2ccc(C(F)(F)F)cc2)CCC1(O)c1ccc2nc(C)c(C3CCC(=O)NC3=O)cc2c1F. The Kier molecular flexibility index (Phi) is 7.91. The maximum absolute atomic E-state index is 16.5. The van der Waals surface area contributed by atoms with Gasteiger partial charge in [0.25, 0.3) is 0 Å². The van der Waals surface area contributed by atoms with E-state index in [1.165, 1.54) is 12.1 Å². The molecule has 2 amide bonds. The number of hydrogen-bond donors (Lipinski definition) is 2. The summed E-state index contributed by atoms with van der Waals surface area (Å²) in [5.41, 5.74) is -0.488. The zero-order valence-corrected chi connectivity index (χ0v) is 23.9. The third-order valence-electron chi connectivity index (χ3n) is 9.46. The topological polar surface area (TPSA) is 82.5 Å². The molecule has 2 saturated heterocycles. The number of alkyl halides is 3. The van der Waals surface area contributed by atoms with Crippen LogP contribution >= 0.6 is 0 Å². The monoisotopic (exact) mass is 585 g/mol. The van der Waals surface area contributed by atoms with Crippen molar-refractivity contribution in [3.63, 3.8) is 0 Å². The number of nitrogens with one attached hydrogen (secondary N) is 1. The van der Waals surface area contributed by atoms with Crippen LogP contribution in [0.25, 0.3) is 10.9 Å². The number of aryl methyl sites for hydroxylation is 1. The number of amides is 2. The Morgan fingerprint density at radius 3 is 2.40 bits per heavy atom. The van der Waals surface area contributed by atoms with Crippen LogP contribution in [0.1, 0.15) is 79.8 Å². The highest BCUT2D eigenvalue weighted by Crippen LogP contribution is 2.52. The van der Waals surface area contributed by atoms with Crippen LogP contribution in [-0.4, -0.2) is 39.9 Å². The first kappa shape index (κ1) is 30.1. The quantitative estimate of drug-likeness (QED) is 0.269. The maximum Gasteiger partial charge on any atom is 0.416 e. The summed E-state index contributed by atoms with van der Waals surface area (Å²) in [6.07, 6.45) is -2.57. The average Bonchev–Trinajstić information content (AvgIpc) is 2.94. The summed E-state index contributed by atoms with van der Waals surface area (Å²) in [4.78, 5) is 30.9. The van der Waals surface area contributed by atoms with Crippen molar-refractivity contribution in [3.05, 3.63) is 76.2 Å². The van der Waals surface area contributed by atoms with Gasteiger partial charge in [0.15, 0.2) is 0 Å². The summed E-state index contributed by atoms with van der Waals surface area (Å²) in [5, 5.41) is 14.9. The molecule has 2 N–H and O–H groups in total. The second-order valence-electron chi connectivity index (χ2n) is 11.7. The van der Waals surface area contributed by atoms with E-state index in [-0.39, 0.29) is 29.7 Å². The van der Waals surface area contributed by atoms with Crippen molar-refractivity contribution in [3.8, 4) is 0 Å². The van der Waals surface area contributed by atoms with Gasteiger partial charge in [-0.25, -0.2) is 4.39 Å². The van der Waals surface area contributed by atoms with E-state index in [2.05, 4.69) is 15.2 Å². The van der Waals surface area contributed by atoms with Crippen molar-refractivity contribution < 1.29 is 32.3 Å². The van der Waals surface area contributed by atoms with Crippen molar-refractivity contribution in [2.45, 2.75) is 77.1 Å². The minimum Gasteiger partial charge on any atom is -0.384 e. The molecule has 5 rings (SSSR count). The normalized spacial score (nSPS) is 23.3. The van der Waals surface area contributed by atoms with Crippen LogP contribution in [0.4, 0.5) is 17.6 Å². The van der Waals surface area contributed by atoms with Gasteiger partial charge in [-0.1, -0.05) is 32.0 Å². The van der Waals surface area contributed by atoms with E-state index in [9.17, 15) is 27.9 Å². The Bertz CT molecular complexity index is 1520.